The fourth-order valence-corrected chi connectivity index (χ4v) is 2.00. The van der Waals surface area contributed by atoms with Crippen molar-refractivity contribution in [3.8, 4) is 11.3 Å². The Bertz CT molecular complexity index is 734. The Morgan fingerprint density at radius 1 is 1.29 bits per heavy atom. The van der Waals surface area contributed by atoms with Crippen LogP contribution in [0, 0.1) is 0 Å². The first-order valence-corrected chi connectivity index (χ1v) is 6.36. The van der Waals surface area contributed by atoms with E-state index >= 15 is 0 Å². The number of amides is 1. The van der Waals surface area contributed by atoms with Crippen molar-refractivity contribution in [3.05, 3.63) is 54.3 Å². The van der Waals surface area contributed by atoms with Gasteiger partial charge in [-0.15, -0.1) is 0 Å². The predicted octanol–water partition coefficient (Wildman–Crippen LogP) is 1.40. The first kappa shape index (κ1) is 13.0. The summed E-state index contributed by atoms with van der Waals surface area (Å²) < 4.78 is 6.56. The number of hydrogen-bond acceptors (Lipinski definition) is 5. The van der Waals surface area contributed by atoms with Gasteiger partial charge in [0.05, 0.1) is 24.1 Å². The molecule has 0 spiro atoms. The number of aromatic nitrogens is 4. The van der Waals surface area contributed by atoms with Crippen LogP contribution in [0.25, 0.3) is 11.3 Å². The van der Waals surface area contributed by atoms with Crippen LogP contribution in [0.15, 0.2) is 47.4 Å². The van der Waals surface area contributed by atoms with Gasteiger partial charge in [0.1, 0.15) is 0 Å². The molecule has 0 aliphatic carbocycles. The zero-order valence-corrected chi connectivity index (χ0v) is 11.4. The molecule has 21 heavy (non-hydrogen) atoms. The summed E-state index contributed by atoms with van der Waals surface area (Å²) in [7, 11) is 1.86. The maximum Gasteiger partial charge on any atom is 0.290 e. The van der Waals surface area contributed by atoms with E-state index in [4.69, 9.17) is 4.52 Å². The summed E-state index contributed by atoms with van der Waals surface area (Å²) in [6, 6.07) is 7.26. The third-order valence-electron chi connectivity index (χ3n) is 3.00. The second-order valence-corrected chi connectivity index (χ2v) is 4.44. The zero-order valence-electron chi connectivity index (χ0n) is 11.4. The summed E-state index contributed by atoms with van der Waals surface area (Å²) in [5.74, 6) is -0.135. The van der Waals surface area contributed by atoms with Crippen LogP contribution >= 0.6 is 0 Å². The third-order valence-corrected chi connectivity index (χ3v) is 3.00. The van der Waals surface area contributed by atoms with E-state index < -0.39 is 0 Å². The molecule has 7 heteroatoms. The summed E-state index contributed by atoms with van der Waals surface area (Å²) in [5.41, 5.74) is 2.74. The van der Waals surface area contributed by atoms with Crippen molar-refractivity contribution in [2.75, 3.05) is 0 Å². The molecule has 0 bridgehead atoms. The number of hydrogen-bond donors (Lipinski definition) is 1. The van der Waals surface area contributed by atoms with Crippen molar-refractivity contribution in [2.24, 2.45) is 7.05 Å². The van der Waals surface area contributed by atoms with E-state index in [1.54, 1.807) is 17.1 Å². The van der Waals surface area contributed by atoms with Crippen LogP contribution in [0.3, 0.4) is 0 Å². The van der Waals surface area contributed by atoms with Crippen LogP contribution in [0.1, 0.15) is 16.2 Å². The molecule has 0 saturated carbocycles. The molecule has 0 radical (unpaired) electrons. The Kier molecular flexibility index (Phi) is 3.46. The largest absolute Gasteiger partial charge is 0.351 e. The van der Waals surface area contributed by atoms with Crippen LogP contribution < -0.4 is 5.32 Å². The number of nitrogens with one attached hydrogen (secondary N) is 1. The Morgan fingerprint density at radius 3 is 2.81 bits per heavy atom. The molecular formula is C14H13N5O2. The monoisotopic (exact) mass is 283 g/mol. The molecule has 3 aromatic heterocycles. The SMILES string of the molecule is Cn1nc(CNC(=O)c2ccno2)cc1-c1ccncc1. The Morgan fingerprint density at radius 2 is 2.10 bits per heavy atom. The molecule has 106 valence electrons. The highest BCUT2D eigenvalue weighted by molar-refractivity contribution is 5.91. The zero-order chi connectivity index (χ0) is 14.7. The van der Waals surface area contributed by atoms with E-state index in [2.05, 4.69) is 20.6 Å². The Hall–Kier alpha value is -2.96. The molecular weight excluding hydrogens is 270 g/mol. The molecule has 3 rings (SSSR count). The molecule has 0 unspecified atom stereocenters. The molecule has 0 saturated heterocycles. The van der Waals surface area contributed by atoms with E-state index in [0.717, 1.165) is 17.0 Å². The van der Waals surface area contributed by atoms with Crippen LogP contribution in [0.5, 0.6) is 0 Å². The number of carbonyl (C=O) groups is 1. The van der Waals surface area contributed by atoms with Gasteiger partial charge in [-0.2, -0.15) is 5.10 Å². The summed E-state index contributed by atoms with van der Waals surface area (Å²) in [6.45, 7) is 0.318. The minimum atomic E-state index is -0.316. The molecule has 0 fully saturated rings. The van der Waals surface area contributed by atoms with Crippen molar-refractivity contribution in [1.82, 2.24) is 25.2 Å². The minimum Gasteiger partial charge on any atom is -0.351 e. The first-order chi connectivity index (χ1) is 10.2. The van der Waals surface area contributed by atoms with Gasteiger partial charge < -0.3 is 9.84 Å². The standard InChI is InChI=1S/C14H13N5O2/c1-19-12(10-2-5-15-6-3-10)8-11(18-19)9-16-14(20)13-4-7-17-21-13/h2-8H,9H2,1H3,(H,16,20). The molecule has 3 heterocycles. The van der Waals surface area contributed by atoms with Gasteiger partial charge >= 0.3 is 0 Å². The second-order valence-electron chi connectivity index (χ2n) is 4.44. The second kappa shape index (κ2) is 5.58. The van der Waals surface area contributed by atoms with Crippen molar-refractivity contribution in [1.29, 1.82) is 0 Å². The van der Waals surface area contributed by atoms with E-state index in [1.165, 1.54) is 12.3 Å². The van der Waals surface area contributed by atoms with E-state index in [0.29, 0.717) is 6.54 Å². The minimum absolute atomic E-state index is 0.181. The normalized spacial score (nSPS) is 10.5. The number of nitrogens with zero attached hydrogens (tertiary/aromatic N) is 4. The number of aryl methyl sites for hydroxylation is 1. The van der Waals surface area contributed by atoms with Crippen molar-refractivity contribution < 1.29 is 9.32 Å². The van der Waals surface area contributed by atoms with Gasteiger partial charge in [-0.3, -0.25) is 14.5 Å². The quantitative estimate of drug-likeness (QED) is 0.782. The van der Waals surface area contributed by atoms with Gasteiger partial charge in [-0.05, 0) is 18.2 Å². The predicted molar refractivity (Wildman–Crippen MR) is 74.1 cm³/mol. The van der Waals surface area contributed by atoms with Crippen LogP contribution in [0.2, 0.25) is 0 Å². The molecule has 1 amide bonds. The topological polar surface area (TPSA) is 85.8 Å². The lowest BCUT2D eigenvalue weighted by atomic mass is 10.2. The molecule has 0 aliphatic rings. The van der Waals surface area contributed by atoms with E-state index in [-0.39, 0.29) is 11.7 Å². The molecule has 0 atom stereocenters. The first-order valence-electron chi connectivity index (χ1n) is 6.36. The average Bonchev–Trinajstić information content (AvgIpc) is 3.15. The average molecular weight is 283 g/mol. The third kappa shape index (κ3) is 2.81. The maximum absolute atomic E-state index is 11.8. The van der Waals surface area contributed by atoms with Gasteiger partial charge in [0.15, 0.2) is 0 Å². The van der Waals surface area contributed by atoms with Gasteiger partial charge in [0.2, 0.25) is 5.76 Å². The molecule has 7 nitrogen and oxygen atoms in total. The molecule has 1 N–H and O–H groups in total. The summed E-state index contributed by atoms with van der Waals surface area (Å²) in [6.07, 6.45) is 4.89. The van der Waals surface area contributed by atoms with Crippen LogP contribution in [0.4, 0.5) is 0 Å². The number of rotatable bonds is 4. The smallest absolute Gasteiger partial charge is 0.290 e. The van der Waals surface area contributed by atoms with Gasteiger partial charge in [0, 0.05) is 31.1 Å². The lowest BCUT2D eigenvalue weighted by Crippen LogP contribution is -2.22. The number of pyridine rings is 1. The molecule has 3 aromatic rings. The number of carbonyl (C=O) groups excluding carboxylic acids is 1. The highest BCUT2D eigenvalue weighted by atomic mass is 16.5. The summed E-state index contributed by atoms with van der Waals surface area (Å²) in [5, 5.41) is 10.6. The van der Waals surface area contributed by atoms with Crippen LogP contribution in [-0.4, -0.2) is 25.8 Å². The summed E-state index contributed by atoms with van der Waals surface area (Å²) >= 11 is 0. The fraction of sp³-hybridized carbons (Fsp3) is 0.143. The van der Waals surface area contributed by atoms with Gasteiger partial charge in [-0.1, -0.05) is 5.16 Å². The highest BCUT2D eigenvalue weighted by Crippen LogP contribution is 2.18. The fourth-order valence-electron chi connectivity index (χ4n) is 2.00. The summed E-state index contributed by atoms with van der Waals surface area (Å²) in [4.78, 5) is 15.7. The Balaban J connectivity index is 1.72. The van der Waals surface area contributed by atoms with Crippen molar-refractivity contribution in [2.45, 2.75) is 6.54 Å². The van der Waals surface area contributed by atoms with E-state index in [1.807, 2.05) is 25.2 Å². The molecule has 0 aliphatic heterocycles. The van der Waals surface area contributed by atoms with E-state index in [9.17, 15) is 4.79 Å². The van der Waals surface area contributed by atoms with Crippen LogP contribution in [-0.2, 0) is 13.6 Å². The maximum atomic E-state index is 11.8. The molecule has 0 aromatic carbocycles. The van der Waals surface area contributed by atoms with Crippen molar-refractivity contribution in [3.63, 3.8) is 0 Å². The van der Waals surface area contributed by atoms with Crippen molar-refractivity contribution >= 4 is 5.91 Å². The van der Waals surface area contributed by atoms with Gasteiger partial charge in [-0.25, -0.2) is 0 Å². The lowest BCUT2D eigenvalue weighted by molar-refractivity contribution is 0.0913. The lowest BCUT2D eigenvalue weighted by Gasteiger charge is -1.99. The Labute approximate surface area is 120 Å². The highest BCUT2D eigenvalue weighted by Gasteiger charge is 2.11. The van der Waals surface area contributed by atoms with Gasteiger partial charge in [0.25, 0.3) is 5.91 Å².